The predicted octanol–water partition coefficient (Wildman–Crippen LogP) is 2.48. The summed E-state index contributed by atoms with van der Waals surface area (Å²) in [6.07, 6.45) is 5.15. The fraction of sp³-hybridized carbons (Fsp3) is 0.632. The first kappa shape index (κ1) is 17.2. The zero-order chi connectivity index (χ0) is 17.2. The maximum absolute atomic E-state index is 12.2. The third-order valence-corrected chi connectivity index (χ3v) is 5.74. The molecule has 2 atom stereocenters. The molecular weight excluding hydrogens is 304 g/mol. The molecule has 0 aliphatic heterocycles. The third-order valence-electron chi connectivity index (χ3n) is 5.74. The van der Waals surface area contributed by atoms with Crippen LogP contribution in [0.5, 0.6) is 0 Å². The number of aliphatic hydroxyl groups is 1. The molecule has 5 nitrogen and oxygen atoms in total. The minimum absolute atomic E-state index is 0.0495. The molecule has 2 unspecified atom stereocenters. The smallest absolute Gasteiger partial charge is 0.251 e. The van der Waals surface area contributed by atoms with Gasteiger partial charge in [0.1, 0.15) is 0 Å². The van der Waals surface area contributed by atoms with Crippen molar-refractivity contribution in [2.75, 3.05) is 25.1 Å². The van der Waals surface area contributed by atoms with Crippen LogP contribution in [0.25, 0.3) is 0 Å². The number of carbonyl (C=O) groups excluding carboxylic acids is 1. The molecule has 2 fully saturated rings. The number of aliphatic hydroxyl groups excluding tert-OH is 1. The van der Waals surface area contributed by atoms with E-state index in [2.05, 4.69) is 17.6 Å². The second kappa shape index (κ2) is 7.11. The molecule has 2 aliphatic rings. The number of benzene rings is 1. The highest BCUT2D eigenvalue weighted by atomic mass is 16.5. The first-order valence-electron chi connectivity index (χ1n) is 8.99. The topological polar surface area (TPSA) is 70.6 Å². The lowest BCUT2D eigenvalue weighted by molar-refractivity contribution is -0.157. The van der Waals surface area contributed by atoms with Crippen LogP contribution in [0.3, 0.4) is 0 Å². The van der Waals surface area contributed by atoms with Gasteiger partial charge >= 0.3 is 0 Å². The molecule has 5 heteroatoms. The summed E-state index contributed by atoms with van der Waals surface area (Å²) < 4.78 is 5.91. The quantitative estimate of drug-likeness (QED) is 0.717. The first-order chi connectivity index (χ1) is 11.6. The lowest BCUT2D eigenvalue weighted by atomic mass is 9.51. The van der Waals surface area contributed by atoms with Gasteiger partial charge in [-0.3, -0.25) is 4.79 Å². The van der Waals surface area contributed by atoms with Crippen molar-refractivity contribution in [1.29, 1.82) is 0 Å². The van der Waals surface area contributed by atoms with E-state index in [0.717, 1.165) is 24.3 Å². The number of hydrogen-bond donors (Lipinski definition) is 3. The summed E-state index contributed by atoms with van der Waals surface area (Å²) in [5.41, 5.74) is 2.94. The number of anilines is 1. The fourth-order valence-electron chi connectivity index (χ4n) is 4.13. The van der Waals surface area contributed by atoms with E-state index in [0.29, 0.717) is 17.7 Å². The van der Waals surface area contributed by atoms with Crippen molar-refractivity contribution >= 4 is 11.6 Å². The number of ether oxygens (including phenoxy) is 1. The predicted molar refractivity (Wildman–Crippen MR) is 94.3 cm³/mol. The Morgan fingerprint density at radius 1 is 1.42 bits per heavy atom. The van der Waals surface area contributed by atoms with Crippen LogP contribution in [0.1, 0.15) is 48.5 Å². The Hall–Kier alpha value is -1.59. The molecule has 0 radical (unpaired) electrons. The van der Waals surface area contributed by atoms with Crippen molar-refractivity contribution in [2.24, 2.45) is 5.41 Å². The van der Waals surface area contributed by atoms with E-state index < -0.39 is 0 Å². The van der Waals surface area contributed by atoms with Gasteiger partial charge in [0.2, 0.25) is 0 Å². The summed E-state index contributed by atoms with van der Waals surface area (Å²) in [6.45, 7) is 5.04. The highest BCUT2D eigenvalue weighted by Gasteiger charge is 2.58. The van der Waals surface area contributed by atoms with Crippen LogP contribution in [-0.2, 0) is 4.74 Å². The molecule has 2 aliphatic carbocycles. The Morgan fingerprint density at radius 3 is 2.83 bits per heavy atom. The molecule has 0 heterocycles. The van der Waals surface area contributed by atoms with Gasteiger partial charge in [-0.25, -0.2) is 0 Å². The summed E-state index contributed by atoms with van der Waals surface area (Å²) in [5, 5.41) is 15.3. The van der Waals surface area contributed by atoms with E-state index in [9.17, 15) is 4.79 Å². The van der Waals surface area contributed by atoms with E-state index in [1.54, 1.807) is 0 Å². The van der Waals surface area contributed by atoms with Gasteiger partial charge in [0.05, 0.1) is 12.7 Å². The molecule has 1 amide bonds. The largest absolute Gasteiger partial charge is 0.395 e. The normalized spacial score (nSPS) is 24.1. The van der Waals surface area contributed by atoms with Crippen molar-refractivity contribution in [3.05, 3.63) is 29.3 Å². The van der Waals surface area contributed by atoms with Gasteiger partial charge in [0, 0.05) is 35.9 Å². The van der Waals surface area contributed by atoms with Gasteiger partial charge < -0.3 is 20.5 Å². The minimum atomic E-state index is -0.135. The molecule has 1 aromatic carbocycles. The van der Waals surface area contributed by atoms with E-state index >= 15 is 0 Å². The summed E-state index contributed by atoms with van der Waals surface area (Å²) >= 11 is 0. The standard InChI is InChI=1S/C19H28N2O3/c1-3-24-17-12-16(19(17)8-5-9-19)21-15-7-4-6-14(13(15)2)18(23)20-10-11-22/h4,6-7,16-17,21-22H,3,5,8-12H2,1-2H3,(H,20,23). The first-order valence-corrected chi connectivity index (χ1v) is 8.99. The maximum atomic E-state index is 12.2. The van der Waals surface area contributed by atoms with Crippen molar-refractivity contribution in [3.63, 3.8) is 0 Å². The Balaban J connectivity index is 1.71. The number of rotatable bonds is 7. The molecule has 0 saturated heterocycles. The zero-order valence-electron chi connectivity index (χ0n) is 14.6. The van der Waals surface area contributed by atoms with Crippen LogP contribution < -0.4 is 10.6 Å². The molecule has 2 saturated carbocycles. The van der Waals surface area contributed by atoms with E-state index in [1.165, 1.54) is 19.3 Å². The molecule has 132 valence electrons. The monoisotopic (exact) mass is 332 g/mol. The second-order valence-electron chi connectivity index (χ2n) is 6.92. The van der Waals surface area contributed by atoms with Gasteiger partial charge in [-0.15, -0.1) is 0 Å². The summed E-state index contributed by atoms with van der Waals surface area (Å²) in [6, 6.07) is 6.21. The van der Waals surface area contributed by atoms with Crippen molar-refractivity contribution < 1.29 is 14.6 Å². The summed E-state index contributed by atoms with van der Waals surface area (Å²) in [5.74, 6) is -0.135. The summed E-state index contributed by atoms with van der Waals surface area (Å²) in [7, 11) is 0. The molecule has 0 bridgehead atoms. The zero-order valence-corrected chi connectivity index (χ0v) is 14.6. The number of amides is 1. The van der Waals surface area contributed by atoms with Gasteiger partial charge in [-0.2, -0.15) is 0 Å². The second-order valence-corrected chi connectivity index (χ2v) is 6.92. The molecule has 1 spiro atoms. The van der Waals surface area contributed by atoms with Crippen LogP contribution in [0, 0.1) is 12.3 Å². The Bertz CT molecular complexity index is 598. The average molecular weight is 332 g/mol. The Kier molecular flexibility index (Phi) is 5.11. The molecular formula is C19H28N2O3. The van der Waals surface area contributed by atoms with Crippen LogP contribution in [0.4, 0.5) is 5.69 Å². The van der Waals surface area contributed by atoms with E-state index in [-0.39, 0.29) is 24.5 Å². The van der Waals surface area contributed by atoms with Crippen molar-refractivity contribution in [3.8, 4) is 0 Å². The van der Waals surface area contributed by atoms with Gasteiger partial charge in [0.15, 0.2) is 0 Å². The highest BCUT2D eigenvalue weighted by Crippen LogP contribution is 2.58. The summed E-state index contributed by atoms with van der Waals surface area (Å²) in [4.78, 5) is 12.2. The molecule has 1 aromatic rings. The van der Waals surface area contributed by atoms with Gasteiger partial charge in [-0.05, 0) is 50.8 Å². The lowest BCUT2D eigenvalue weighted by Crippen LogP contribution is -2.64. The van der Waals surface area contributed by atoms with Crippen molar-refractivity contribution in [2.45, 2.75) is 51.7 Å². The van der Waals surface area contributed by atoms with Gasteiger partial charge in [-0.1, -0.05) is 12.5 Å². The van der Waals surface area contributed by atoms with Crippen LogP contribution in [-0.4, -0.2) is 42.9 Å². The van der Waals surface area contributed by atoms with Crippen LogP contribution in [0.2, 0.25) is 0 Å². The maximum Gasteiger partial charge on any atom is 0.251 e. The third kappa shape index (κ3) is 2.91. The number of carbonyl (C=O) groups is 1. The molecule has 3 N–H and O–H groups in total. The molecule has 3 rings (SSSR count). The number of hydrogen-bond acceptors (Lipinski definition) is 4. The van der Waals surface area contributed by atoms with E-state index in [4.69, 9.17) is 9.84 Å². The number of nitrogens with one attached hydrogen (secondary N) is 2. The molecule has 24 heavy (non-hydrogen) atoms. The highest BCUT2D eigenvalue weighted by molar-refractivity contribution is 5.97. The molecule has 0 aromatic heterocycles. The van der Waals surface area contributed by atoms with E-state index in [1.807, 2.05) is 25.1 Å². The average Bonchev–Trinajstić information content (AvgIpc) is 2.51. The SMILES string of the molecule is CCOC1CC(Nc2cccc(C(=O)NCCO)c2C)C12CCC2. The van der Waals surface area contributed by atoms with Crippen LogP contribution >= 0.6 is 0 Å². The Morgan fingerprint density at radius 2 is 2.21 bits per heavy atom. The fourth-order valence-corrected chi connectivity index (χ4v) is 4.13. The lowest BCUT2D eigenvalue weighted by Gasteiger charge is -2.61. The minimum Gasteiger partial charge on any atom is -0.395 e. The Labute approximate surface area is 143 Å². The van der Waals surface area contributed by atoms with Crippen molar-refractivity contribution in [1.82, 2.24) is 5.32 Å². The van der Waals surface area contributed by atoms with Crippen LogP contribution in [0.15, 0.2) is 18.2 Å². The van der Waals surface area contributed by atoms with Gasteiger partial charge in [0.25, 0.3) is 5.91 Å².